The molecular formula is C13H19FN2O. The van der Waals surface area contributed by atoms with E-state index in [1.807, 2.05) is 13.8 Å². The Labute approximate surface area is 101 Å². The van der Waals surface area contributed by atoms with Gasteiger partial charge in [0, 0.05) is 18.7 Å². The van der Waals surface area contributed by atoms with Crippen molar-refractivity contribution in [1.82, 2.24) is 0 Å². The van der Waals surface area contributed by atoms with Gasteiger partial charge in [0.25, 0.3) is 0 Å². The van der Waals surface area contributed by atoms with Gasteiger partial charge in [0.05, 0.1) is 0 Å². The van der Waals surface area contributed by atoms with Crippen molar-refractivity contribution < 1.29 is 9.18 Å². The summed E-state index contributed by atoms with van der Waals surface area (Å²) in [5.74, 6) is -0.110. The first kappa shape index (κ1) is 13.6. The molecule has 94 valence electrons. The van der Waals surface area contributed by atoms with E-state index in [0.29, 0.717) is 19.5 Å². The Hall–Kier alpha value is -1.42. The van der Waals surface area contributed by atoms with Crippen LogP contribution in [0.3, 0.4) is 0 Å². The summed E-state index contributed by atoms with van der Waals surface area (Å²) in [4.78, 5) is 13.7. The molecule has 0 heterocycles. The van der Waals surface area contributed by atoms with Gasteiger partial charge in [-0.05, 0) is 43.7 Å². The Morgan fingerprint density at radius 3 is 2.47 bits per heavy atom. The third kappa shape index (κ3) is 3.82. The van der Waals surface area contributed by atoms with E-state index in [2.05, 4.69) is 0 Å². The number of nitrogens with zero attached hydrogens (tertiary/aromatic N) is 1. The van der Waals surface area contributed by atoms with E-state index in [1.54, 1.807) is 17.0 Å². The molecule has 1 rings (SSSR count). The number of rotatable bonds is 5. The summed E-state index contributed by atoms with van der Waals surface area (Å²) in [6.45, 7) is 4.90. The molecular weight excluding hydrogens is 219 g/mol. The highest BCUT2D eigenvalue weighted by Crippen LogP contribution is 2.17. The molecule has 3 nitrogen and oxygen atoms in total. The second-order valence-electron chi connectivity index (χ2n) is 4.16. The molecule has 1 atom stereocenters. The summed E-state index contributed by atoms with van der Waals surface area (Å²) in [5.41, 5.74) is 6.23. The quantitative estimate of drug-likeness (QED) is 0.854. The Morgan fingerprint density at radius 2 is 2.00 bits per heavy atom. The molecule has 1 aromatic rings. The van der Waals surface area contributed by atoms with Gasteiger partial charge < -0.3 is 10.6 Å². The van der Waals surface area contributed by atoms with Crippen molar-refractivity contribution in [2.75, 3.05) is 18.0 Å². The van der Waals surface area contributed by atoms with Gasteiger partial charge in [-0.2, -0.15) is 0 Å². The zero-order chi connectivity index (χ0) is 12.8. The predicted octanol–water partition coefficient (Wildman–Crippen LogP) is 2.16. The number of hydrogen-bond acceptors (Lipinski definition) is 2. The van der Waals surface area contributed by atoms with Crippen molar-refractivity contribution in [3.05, 3.63) is 30.1 Å². The Balaban J connectivity index is 2.77. The summed E-state index contributed by atoms with van der Waals surface area (Å²) in [5, 5.41) is 0. The average Bonchev–Trinajstić information content (AvgIpc) is 2.32. The van der Waals surface area contributed by atoms with Crippen LogP contribution >= 0.6 is 0 Å². The van der Waals surface area contributed by atoms with Crippen LogP contribution in [0.2, 0.25) is 0 Å². The number of hydrogen-bond donors (Lipinski definition) is 1. The molecule has 0 saturated heterocycles. The molecule has 0 aliphatic heterocycles. The highest BCUT2D eigenvalue weighted by atomic mass is 19.1. The van der Waals surface area contributed by atoms with Gasteiger partial charge in [-0.3, -0.25) is 4.79 Å². The number of halogens is 1. The van der Waals surface area contributed by atoms with E-state index in [0.717, 1.165) is 5.69 Å². The summed E-state index contributed by atoms with van der Waals surface area (Å²) in [7, 11) is 0. The van der Waals surface area contributed by atoms with Crippen molar-refractivity contribution in [2.45, 2.75) is 20.3 Å². The molecule has 4 heteroatoms. The third-order valence-electron chi connectivity index (χ3n) is 2.68. The van der Waals surface area contributed by atoms with Crippen LogP contribution in [-0.4, -0.2) is 19.0 Å². The van der Waals surface area contributed by atoms with Gasteiger partial charge in [-0.1, -0.05) is 6.92 Å². The van der Waals surface area contributed by atoms with E-state index >= 15 is 0 Å². The van der Waals surface area contributed by atoms with Crippen molar-refractivity contribution in [3.8, 4) is 0 Å². The van der Waals surface area contributed by atoms with Crippen LogP contribution in [0.5, 0.6) is 0 Å². The van der Waals surface area contributed by atoms with Crippen molar-refractivity contribution in [3.63, 3.8) is 0 Å². The van der Waals surface area contributed by atoms with Crippen molar-refractivity contribution in [1.29, 1.82) is 0 Å². The zero-order valence-corrected chi connectivity index (χ0v) is 10.3. The molecule has 2 N–H and O–H groups in total. The maximum Gasteiger partial charge on any atom is 0.227 e. The summed E-state index contributed by atoms with van der Waals surface area (Å²) in [6.07, 6.45) is 0.418. The van der Waals surface area contributed by atoms with Crippen LogP contribution in [0.25, 0.3) is 0 Å². The van der Waals surface area contributed by atoms with Crippen molar-refractivity contribution >= 4 is 11.6 Å². The fourth-order valence-electron chi connectivity index (χ4n) is 1.62. The lowest BCUT2D eigenvalue weighted by atomic mass is 10.1. The molecule has 0 aliphatic carbocycles. The van der Waals surface area contributed by atoms with Gasteiger partial charge in [0.2, 0.25) is 5.91 Å². The minimum atomic E-state index is -0.299. The third-order valence-corrected chi connectivity index (χ3v) is 2.68. The first-order valence-electron chi connectivity index (χ1n) is 5.84. The molecule has 0 spiro atoms. The van der Waals surface area contributed by atoms with E-state index in [-0.39, 0.29) is 17.6 Å². The molecule has 1 aromatic carbocycles. The maximum atomic E-state index is 12.8. The van der Waals surface area contributed by atoms with Crippen LogP contribution in [-0.2, 0) is 4.79 Å². The van der Waals surface area contributed by atoms with Crippen LogP contribution in [0, 0.1) is 11.7 Å². The monoisotopic (exact) mass is 238 g/mol. The molecule has 0 fully saturated rings. The van der Waals surface area contributed by atoms with Crippen LogP contribution in [0.1, 0.15) is 20.3 Å². The SMILES string of the molecule is CCN(C(=O)CC(C)CN)c1ccc(F)cc1. The zero-order valence-electron chi connectivity index (χ0n) is 10.3. The molecule has 1 unspecified atom stereocenters. The molecule has 17 heavy (non-hydrogen) atoms. The minimum Gasteiger partial charge on any atom is -0.330 e. The Morgan fingerprint density at radius 1 is 1.41 bits per heavy atom. The van der Waals surface area contributed by atoms with Gasteiger partial charge in [0.1, 0.15) is 5.82 Å². The number of amides is 1. The van der Waals surface area contributed by atoms with Crippen LogP contribution < -0.4 is 10.6 Å². The number of carbonyl (C=O) groups excluding carboxylic acids is 1. The normalized spacial score (nSPS) is 12.2. The molecule has 0 saturated carbocycles. The second kappa shape index (κ2) is 6.35. The van der Waals surface area contributed by atoms with E-state index < -0.39 is 0 Å². The number of nitrogens with two attached hydrogens (primary N) is 1. The first-order valence-corrected chi connectivity index (χ1v) is 5.84. The predicted molar refractivity (Wildman–Crippen MR) is 67.3 cm³/mol. The van der Waals surface area contributed by atoms with E-state index in [4.69, 9.17) is 5.73 Å². The lowest BCUT2D eigenvalue weighted by molar-refractivity contribution is -0.119. The number of carbonyl (C=O) groups is 1. The largest absolute Gasteiger partial charge is 0.330 e. The van der Waals surface area contributed by atoms with Gasteiger partial charge in [-0.15, -0.1) is 0 Å². The Kier molecular flexibility index (Phi) is 5.10. The molecule has 0 bridgehead atoms. The molecule has 0 aromatic heterocycles. The molecule has 0 aliphatic rings. The van der Waals surface area contributed by atoms with Gasteiger partial charge in [0.15, 0.2) is 0 Å². The Bertz CT molecular complexity index is 364. The topological polar surface area (TPSA) is 46.3 Å². The first-order chi connectivity index (χ1) is 8.08. The fourth-order valence-corrected chi connectivity index (χ4v) is 1.62. The summed E-state index contributed by atoms with van der Waals surface area (Å²) >= 11 is 0. The van der Waals surface area contributed by atoms with Crippen LogP contribution in [0.4, 0.5) is 10.1 Å². The summed E-state index contributed by atoms with van der Waals surface area (Å²) in [6, 6.07) is 5.95. The molecule has 1 amide bonds. The highest BCUT2D eigenvalue weighted by Gasteiger charge is 2.16. The fraction of sp³-hybridized carbons (Fsp3) is 0.462. The lowest BCUT2D eigenvalue weighted by Crippen LogP contribution is -2.32. The van der Waals surface area contributed by atoms with Gasteiger partial charge >= 0.3 is 0 Å². The van der Waals surface area contributed by atoms with E-state index in [1.165, 1.54) is 12.1 Å². The lowest BCUT2D eigenvalue weighted by Gasteiger charge is -2.22. The number of anilines is 1. The highest BCUT2D eigenvalue weighted by molar-refractivity contribution is 5.93. The van der Waals surface area contributed by atoms with Gasteiger partial charge in [-0.25, -0.2) is 4.39 Å². The van der Waals surface area contributed by atoms with E-state index in [9.17, 15) is 9.18 Å². The second-order valence-corrected chi connectivity index (χ2v) is 4.16. The van der Waals surface area contributed by atoms with Crippen LogP contribution in [0.15, 0.2) is 24.3 Å². The number of benzene rings is 1. The van der Waals surface area contributed by atoms with Crippen molar-refractivity contribution in [2.24, 2.45) is 11.7 Å². The molecule has 0 radical (unpaired) electrons. The standard InChI is InChI=1S/C13H19FN2O/c1-3-16(13(17)8-10(2)9-15)12-6-4-11(14)5-7-12/h4-7,10H,3,8-9,15H2,1-2H3. The maximum absolute atomic E-state index is 12.8. The summed E-state index contributed by atoms with van der Waals surface area (Å²) < 4.78 is 12.8. The minimum absolute atomic E-state index is 0.0251. The smallest absolute Gasteiger partial charge is 0.227 e. The average molecular weight is 238 g/mol.